The molecule has 1 heterocycles. The second-order valence-corrected chi connectivity index (χ2v) is 5.11. The number of aromatic nitrogens is 1. The summed E-state index contributed by atoms with van der Waals surface area (Å²) >= 11 is 5.93. The summed E-state index contributed by atoms with van der Waals surface area (Å²) in [5, 5.41) is 7.97. The molecule has 0 aliphatic heterocycles. The Morgan fingerprint density at radius 2 is 2.11 bits per heavy atom. The van der Waals surface area contributed by atoms with E-state index in [2.05, 4.69) is 22.6 Å². The van der Waals surface area contributed by atoms with Gasteiger partial charge in [-0.2, -0.15) is 0 Å². The molecule has 0 fully saturated rings. The van der Waals surface area contributed by atoms with E-state index < -0.39 is 0 Å². The molecule has 4 heteroatoms. The minimum atomic E-state index is 0.529. The van der Waals surface area contributed by atoms with Crippen LogP contribution in [0.3, 0.4) is 0 Å². The summed E-state index contributed by atoms with van der Waals surface area (Å²) in [4.78, 5) is 0. The average molecular weight is 263 g/mol. The van der Waals surface area contributed by atoms with Crippen molar-refractivity contribution in [3.05, 3.63) is 46.1 Å². The average Bonchev–Trinajstić information content (AvgIpc) is 2.81. The topological polar surface area (TPSA) is 38.1 Å². The van der Waals surface area contributed by atoms with E-state index in [4.69, 9.17) is 16.1 Å². The number of aryl methyl sites for hydroxylation is 1. The van der Waals surface area contributed by atoms with Gasteiger partial charge in [0.25, 0.3) is 0 Å². The van der Waals surface area contributed by atoms with Crippen LogP contribution in [-0.4, -0.2) is 12.2 Å². The third-order valence-electron chi connectivity index (χ3n) is 3.62. The molecular weight excluding hydrogens is 248 g/mol. The van der Waals surface area contributed by atoms with Crippen LogP contribution >= 0.6 is 11.6 Å². The van der Waals surface area contributed by atoms with Gasteiger partial charge in [-0.3, -0.25) is 0 Å². The number of hydrogen-bond donors (Lipinski definition) is 1. The molecule has 3 nitrogen and oxygen atoms in total. The highest BCUT2D eigenvalue weighted by atomic mass is 35.5. The second-order valence-electron chi connectivity index (χ2n) is 4.68. The minimum Gasteiger partial charge on any atom is -0.357 e. The fourth-order valence-corrected chi connectivity index (χ4v) is 2.75. The fourth-order valence-electron chi connectivity index (χ4n) is 2.62. The zero-order valence-electron chi connectivity index (χ0n) is 10.2. The van der Waals surface area contributed by atoms with Crippen molar-refractivity contribution >= 4 is 17.5 Å². The van der Waals surface area contributed by atoms with Gasteiger partial charge in [-0.15, -0.1) is 0 Å². The van der Waals surface area contributed by atoms with Crippen molar-refractivity contribution in [2.24, 2.45) is 0 Å². The lowest BCUT2D eigenvalue weighted by Crippen LogP contribution is -2.12. The molecule has 0 saturated heterocycles. The van der Waals surface area contributed by atoms with Crippen molar-refractivity contribution in [1.29, 1.82) is 0 Å². The molecule has 1 unspecified atom stereocenters. The molecule has 0 spiro atoms. The molecule has 94 valence electrons. The molecule has 0 radical (unpaired) electrons. The Morgan fingerprint density at radius 1 is 1.33 bits per heavy atom. The first kappa shape index (κ1) is 11.6. The molecule has 1 aromatic heterocycles. The van der Waals surface area contributed by atoms with Crippen LogP contribution in [0.2, 0.25) is 5.02 Å². The van der Waals surface area contributed by atoms with Crippen molar-refractivity contribution in [3.8, 4) is 0 Å². The number of rotatable bonds is 2. The molecule has 0 bridgehead atoms. The van der Waals surface area contributed by atoms with Crippen molar-refractivity contribution in [2.75, 3.05) is 12.4 Å². The van der Waals surface area contributed by atoms with E-state index in [0.29, 0.717) is 5.92 Å². The van der Waals surface area contributed by atoms with E-state index in [1.54, 1.807) is 0 Å². The first-order valence-corrected chi connectivity index (χ1v) is 6.56. The lowest BCUT2D eigenvalue weighted by atomic mass is 9.83. The maximum absolute atomic E-state index is 5.93. The fraction of sp³-hybridized carbons (Fsp3) is 0.357. The minimum absolute atomic E-state index is 0.529. The SMILES string of the molecule is CNc1onc2c1CC(c1ccc(Cl)cc1)CC2. The van der Waals surface area contributed by atoms with E-state index in [9.17, 15) is 0 Å². The lowest BCUT2D eigenvalue weighted by molar-refractivity contribution is 0.424. The molecule has 0 amide bonds. The number of fused-ring (bicyclic) bond motifs is 1. The number of hydrogen-bond acceptors (Lipinski definition) is 3. The van der Waals surface area contributed by atoms with Crippen LogP contribution in [0.4, 0.5) is 5.88 Å². The van der Waals surface area contributed by atoms with E-state index in [1.165, 1.54) is 11.1 Å². The Kier molecular flexibility index (Phi) is 3.00. The van der Waals surface area contributed by atoms with Crippen molar-refractivity contribution in [1.82, 2.24) is 5.16 Å². The molecule has 1 atom stereocenters. The van der Waals surface area contributed by atoms with Crippen LogP contribution in [0.25, 0.3) is 0 Å². The predicted molar refractivity (Wildman–Crippen MR) is 72.3 cm³/mol. The molecule has 1 aromatic carbocycles. The Bertz CT molecular complexity index is 534. The maximum Gasteiger partial charge on any atom is 0.227 e. The highest BCUT2D eigenvalue weighted by molar-refractivity contribution is 6.30. The van der Waals surface area contributed by atoms with Crippen molar-refractivity contribution in [3.63, 3.8) is 0 Å². The smallest absolute Gasteiger partial charge is 0.227 e. The normalized spacial score (nSPS) is 18.4. The van der Waals surface area contributed by atoms with Crippen LogP contribution in [0.5, 0.6) is 0 Å². The van der Waals surface area contributed by atoms with Crippen molar-refractivity contribution < 1.29 is 4.52 Å². The van der Waals surface area contributed by atoms with Crippen molar-refractivity contribution in [2.45, 2.75) is 25.2 Å². The lowest BCUT2D eigenvalue weighted by Gasteiger charge is -2.21. The highest BCUT2D eigenvalue weighted by Crippen LogP contribution is 2.36. The van der Waals surface area contributed by atoms with E-state index in [0.717, 1.165) is 35.9 Å². The first-order valence-electron chi connectivity index (χ1n) is 6.18. The Balaban J connectivity index is 1.87. The standard InChI is InChI=1S/C14H15ClN2O/c1-16-14-12-8-10(4-7-13(12)17-18-14)9-2-5-11(15)6-3-9/h2-3,5-6,10,16H,4,7-8H2,1H3. The van der Waals surface area contributed by atoms with Gasteiger partial charge in [-0.05, 0) is 42.9 Å². The van der Waals surface area contributed by atoms with Gasteiger partial charge in [0.05, 0.1) is 5.69 Å². The monoisotopic (exact) mass is 262 g/mol. The molecule has 3 rings (SSSR count). The summed E-state index contributed by atoms with van der Waals surface area (Å²) in [6, 6.07) is 8.15. The van der Waals surface area contributed by atoms with Gasteiger partial charge >= 0.3 is 0 Å². The Hall–Kier alpha value is -1.48. The number of nitrogens with zero attached hydrogens (tertiary/aromatic N) is 1. The van der Waals surface area contributed by atoms with Crippen LogP contribution in [0.1, 0.15) is 29.2 Å². The van der Waals surface area contributed by atoms with E-state index in [-0.39, 0.29) is 0 Å². The second kappa shape index (κ2) is 4.65. The number of anilines is 1. The summed E-state index contributed by atoms with van der Waals surface area (Å²) in [5.74, 6) is 1.34. The van der Waals surface area contributed by atoms with Gasteiger partial charge in [-0.1, -0.05) is 28.9 Å². The maximum atomic E-state index is 5.93. The molecule has 1 aliphatic carbocycles. The third-order valence-corrected chi connectivity index (χ3v) is 3.87. The summed E-state index contributed by atoms with van der Waals surface area (Å²) < 4.78 is 5.29. The summed E-state index contributed by atoms with van der Waals surface area (Å²) in [6.45, 7) is 0. The largest absolute Gasteiger partial charge is 0.357 e. The Morgan fingerprint density at radius 3 is 2.83 bits per heavy atom. The molecule has 18 heavy (non-hydrogen) atoms. The van der Waals surface area contributed by atoms with Gasteiger partial charge in [0.1, 0.15) is 0 Å². The van der Waals surface area contributed by atoms with Crippen LogP contribution in [0, 0.1) is 0 Å². The molecule has 2 aromatic rings. The summed E-state index contributed by atoms with van der Waals surface area (Å²) in [6.07, 6.45) is 3.08. The molecule has 1 aliphatic rings. The first-order chi connectivity index (χ1) is 8.78. The van der Waals surface area contributed by atoms with Crippen LogP contribution < -0.4 is 5.32 Å². The van der Waals surface area contributed by atoms with E-state index in [1.807, 2.05) is 19.2 Å². The van der Waals surface area contributed by atoms with Gasteiger partial charge in [0, 0.05) is 17.6 Å². The van der Waals surface area contributed by atoms with Crippen LogP contribution in [-0.2, 0) is 12.8 Å². The zero-order chi connectivity index (χ0) is 12.5. The molecule has 0 saturated carbocycles. The Labute approximate surface area is 111 Å². The predicted octanol–water partition coefficient (Wildman–Crippen LogP) is 3.64. The molecular formula is C14H15ClN2O. The molecule has 1 N–H and O–H groups in total. The number of halogens is 1. The van der Waals surface area contributed by atoms with Gasteiger partial charge in [0.2, 0.25) is 5.88 Å². The summed E-state index contributed by atoms with van der Waals surface area (Å²) in [7, 11) is 1.87. The number of nitrogens with one attached hydrogen (secondary N) is 1. The zero-order valence-corrected chi connectivity index (χ0v) is 11.0. The number of benzene rings is 1. The van der Waals surface area contributed by atoms with Gasteiger partial charge in [-0.25, -0.2) is 0 Å². The quantitative estimate of drug-likeness (QED) is 0.898. The van der Waals surface area contributed by atoms with Gasteiger partial charge < -0.3 is 9.84 Å². The summed E-state index contributed by atoms with van der Waals surface area (Å²) in [5.41, 5.74) is 3.67. The van der Waals surface area contributed by atoms with Crippen LogP contribution in [0.15, 0.2) is 28.8 Å². The third kappa shape index (κ3) is 1.99. The van der Waals surface area contributed by atoms with E-state index >= 15 is 0 Å². The highest BCUT2D eigenvalue weighted by Gasteiger charge is 2.26. The van der Waals surface area contributed by atoms with Gasteiger partial charge in [0.15, 0.2) is 0 Å².